The minimum atomic E-state index is -0.798. The van der Waals surface area contributed by atoms with E-state index in [0.29, 0.717) is 11.8 Å². The lowest BCUT2D eigenvalue weighted by Gasteiger charge is -2.40. The van der Waals surface area contributed by atoms with Crippen molar-refractivity contribution in [2.75, 3.05) is 25.0 Å². The maximum atomic E-state index is 12.7. The Morgan fingerprint density at radius 2 is 2.03 bits per heavy atom. The number of aliphatic hydroxyl groups is 1. The first-order valence-corrected chi connectivity index (χ1v) is 11.1. The summed E-state index contributed by atoms with van der Waals surface area (Å²) in [5, 5.41) is 20.6. The van der Waals surface area contributed by atoms with E-state index < -0.39 is 6.10 Å². The normalized spacial score (nSPS) is 24.8. The number of hydrogen-bond donors (Lipinski definition) is 2. The summed E-state index contributed by atoms with van der Waals surface area (Å²) >= 11 is 0. The number of aliphatic hydroxyl groups excluding tert-OH is 1. The number of amides is 1. The van der Waals surface area contributed by atoms with Gasteiger partial charge in [-0.1, -0.05) is 18.1 Å². The van der Waals surface area contributed by atoms with Crippen LogP contribution in [0.15, 0.2) is 16.5 Å². The Morgan fingerprint density at radius 3 is 2.65 bits per heavy atom. The Hall–Kier alpha value is -2.45. The topological polar surface area (TPSA) is 94.7 Å². The summed E-state index contributed by atoms with van der Waals surface area (Å²) in [4.78, 5) is 17.2. The zero-order valence-electron chi connectivity index (χ0n) is 19.1. The van der Waals surface area contributed by atoms with E-state index in [0.717, 1.165) is 49.4 Å². The highest BCUT2D eigenvalue weighted by Crippen LogP contribution is 2.40. The number of aryl methyl sites for hydroxylation is 1. The van der Waals surface area contributed by atoms with Gasteiger partial charge in [0.25, 0.3) is 0 Å². The van der Waals surface area contributed by atoms with Gasteiger partial charge < -0.3 is 19.7 Å². The summed E-state index contributed by atoms with van der Waals surface area (Å²) in [6.45, 7) is 13.4. The first kappa shape index (κ1) is 21.8. The fourth-order valence-electron chi connectivity index (χ4n) is 4.42. The summed E-state index contributed by atoms with van der Waals surface area (Å²) in [6, 6.07) is 4.77. The molecule has 2 N–H and O–H groups in total. The van der Waals surface area contributed by atoms with Crippen molar-refractivity contribution >= 4 is 17.6 Å². The van der Waals surface area contributed by atoms with Crippen LogP contribution in [0, 0.1) is 25.7 Å². The summed E-state index contributed by atoms with van der Waals surface area (Å²) in [5.41, 5.74) is 4.42. The van der Waals surface area contributed by atoms with E-state index in [1.807, 2.05) is 0 Å². The molecule has 1 aliphatic carbocycles. The second-order valence-electron chi connectivity index (χ2n) is 9.28. The first-order chi connectivity index (χ1) is 14.7. The van der Waals surface area contributed by atoms with Crippen LogP contribution in [0.2, 0.25) is 0 Å². The number of nitrogens with zero attached hydrogens (tertiary/aromatic N) is 4. The molecule has 1 saturated carbocycles. The number of hydrogen-bond acceptors (Lipinski definition) is 7. The molecule has 2 aromatic rings. The highest BCUT2D eigenvalue weighted by molar-refractivity contribution is 5.82. The zero-order chi connectivity index (χ0) is 22.3. The molecule has 1 saturated heterocycles. The van der Waals surface area contributed by atoms with Crippen molar-refractivity contribution in [1.82, 2.24) is 20.0 Å². The van der Waals surface area contributed by atoms with E-state index in [-0.39, 0.29) is 23.9 Å². The van der Waals surface area contributed by atoms with E-state index in [4.69, 9.17) is 4.42 Å². The van der Waals surface area contributed by atoms with Crippen molar-refractivity contribution in [3.05, 3.63) is 34.7 Å². The van der Waals surface area contributed by atoms with Crippen LogP contribution >= 0.6 is 0 Å². The zero-order valence-corrected chi connectivity index (χ0v) is 19.1. The molecule has 1 amide bonds. The van der Waals surface area contributed by atoms with Crippen molar-refractivity contribution in [3.8, 4) is 0 Å². The SMILES string of the molecule is Cc1cc(CN2CCN(C(=O)C3CC3C)[C@@H](C)C2)c(C)c(Nc2nnc(C(C)O)o2)c1. The van der Waals surface area contributed by atoms with Crippen molar-refractivity contribution in [1.29, 1.82) is 0 Å². The summed E-state index contributed by atoms with van der Waals surface area (Å²) in [6.07, 6.45) is 0.246. The second-order valence-corrected chi connectivity index (χ2v) is 9.28. The van der Waals surface area contributed by atoms with Gasteiger partial charge in [-0.25, -0.2) is 0 Å². The first-order valence-electron chi connectivity index (χ1n) is 11.1. The predicted molar refractivity (Wildman–Crippen MR) is 118 cm³/mol. The van der Waals surface area contributed by atoms with Crippen molar-refractivity contribution in [2.24, 2.45) is 11.8 Å². The average molecular weight is 428 g/mol. The molecule has 2 fully saturated rings. The Morgan fingerprint density at radius 1 is 1.29 bits per heavy atom. The molecule has 0 spiro atoms. The van der Waals surface area contributed by atoms with Gasteiger partial charge in [0.15, 0.2) is 0 Å². The standard InChI is InChI=1S/C23H33N5O3/c1-13-8-18(16(4)20(9-13)24-23-26-25-21(31-23)17(5)29)12-27-6-7-28(15(3)11-27)22(30)19-10-14(19)2/h8-9,14-15,17,19,29H,6-7,10-12H2,1-5H3,(H,24,26)/t14?,15-,17?,19?/m0/s1. The quantitative estimate of drug-likeness (QED) is 0.731. The van der Waals surface area contributed by atoms with Crippen LogP contribution in [0.4, 0.5) is 11.7 Å². The smallest absolute Gasteiger partial charge is 0.320 e. The lowest BCUT2D eigenvalue weighted by atomic mass is 10.0. The molecule has 8 nitrogen and oxygen atoms in total. The third kappa shape index (κ3) is 4.75. The molecule has 0 radical (unpaired) electrons. The maximum Gasteiger partial charge on any atom is 0.320 e. The molecule has 1 aromatic heterocycles. The molecule has 8 heteroatoms. The third-order valence-corrected chi connectivity index (χ3v) is 6.51. The van der Waals surface area contributed by atoms with Gasteiger partial charge >= 0.3 is 6.01 Å². The van der Waals surface area contributed by atoms with Crippen LogP contribution in [0.1, 0.15) is 55.9 Å². The molecule has 0 bridgehead atoms. The van der Waals surface area contributed by atoms with E-state index in [9.17, 15) is 9.90 Å². The van der Waals surface area contributed by atoms with Gasteiger partial charge in [0.1, 0.15) is 6.10 Å². The summed E-state index contributed by atoms with van der Waals surface area (Å²) in [7, 11) is 0. The van der Waals surface area contributed by atoms with Crippen molar-refractivity contribution < 1.29 is 14.3 Å². The van der Waals surface area contributed by atoms with Crippen LogP contribution in [-0.4, -0.2) is 56.7 Å². The Labute approximate surface area is 183 Å². The number of anilines is 2. The Bertz CT molecular complexity index is 957. The molecule has 2 heterocycles. The monoisotopic (exact) mass is 427 g/mol. The van der Waals surface area contributed by atoms with E-state index >= 15 is 0 Å². The van der Waals surface area contributed by atoms with Crippen LogP contribution in [0.25, 0.3) is 0 Å². The van der Waals surface area contributed by atoms with Crippen molar-refractivity contribution in [3.63, 3.8) is 0 Å². The predicted octanol–water partition coefficient (Wildman–Crippen LogP) is 3.17. The van der Waals surface area contributed by atoms with E-state index in [2.05, 4.69) is 65.1 Å². The third-order valence-electron chi connectivity index (χ3n) is 6.51. The highest BCUT2D eigenvalue weighted by atomic mass is 16.4. The largest absolute Gasteiger partial charge is 0.405 e. The van der Waals surface area contributed by atoms with E-state index in [1.54, 1.807) is 6.92 Å². The molecule has 4 rings (SSSR count). The lowest BCUT2D eigenvalue weighted by molar-refractivity contribution is -0.137. The minimum absolute atomic E-state index is 0.190. The molecule has 2 aliphatic rings. The van der Waals surface area contributed by atoms with Gasteiger partial charge in [-0.15, -0.1) is 5.10 Å². The number of nitrogens with one attached hydrogen (secondary N) is 1. The van der Waals surface area contributed by atoms with Gasteiger partial charge in [0.2, 0.25) is 11.8 Å². The molecule has 4 atom stereocenters. The average Bonchev–Trinajstić information content (AvgIpc) is 3.25. The van der Waals surface area contributed by atoms with Crippen LogP contribution < -0.4 is 5.32 Å². The maximum absolute atomic E-state index is 12.7. The summed E-state index contributed by atoms with van der Waals surface area (Å²) < 4.78 is 5.48. The minimum Gasteiger partial charge on any atom is -0.405 e. The molecule has 1 aliphatic heterocycles. The Kier molecular flexibility index (Phi) is 6.03. The number of carbonyl (C=O) groups excluding carboxylic acids is 1. The second kappa shape index (κ2) is 8.59. The molecular formula is C23H33N5O3. The number of aromatic nitrogens is 2. The summed E-state index contributed by atoms with van der Waals surface area (Å²) in [5.74, 6) is 1.33. The molecular weight excluding hydrogens is 394 g/mol. The number of carbonyl (C=O) groups is 1. The molecule has 168 valence electrons. The van der Waals surface area contributed by atoms with Crippen LogP contribution in [-0.2, 0) is 11.3 Å². The van der Waals surface area contributed by atoms with Crippen LogP contribution in [0.3, 0.4) is 0 Å². The number of benzene rings is 1. The molecule has 3 unspecified atom stereocenters. The van der Waals surface area contributed by atoms with Gasteiger partial charge in [-0.2, -0.15) is 0 Å². The van der Waals surface area contributed by atoms with E-state index in [1.165, 1.54) is 5.56 Å². The Balaban J connectivity index is 1.43. The number of rotatable bonds is 6. The van der Waals surface area contributed by atoms with Gasteiger partial charge in [-0.3, -0.25) is 9.69 Å². The van der Waals surface area contributed by atoms with Crippen molar-refractivity contribution in [2.45, 2.75) is 59.7 Å². The van der Waals surface area contributed by atoms with Gasteiger partial charge in [-0.05, 0) is 62.8 Å². The number of piperazine rings is 1. The lowest BCUT2D eigenvalue weighted by Crippen LogP contribution is -2.54. The molecule has 31 heavy (non-hydrogen) atoms. The van der Waals surface area contributed by atoms with Crippen LogP contribution in [0.5, 0.6) is 0 Å². The van der Waals surface area contributed by atoms with Gasteiger partial charge in [0, 0.05) is 43.8 Å². The highest BCUT2D eigenvalue weighted by Gasteiger charge is 2.43. The van der Waals surface area contributed by atoms with Gasteiger partial charge in [0.05, 0.1) is 0 Å². The fourth-order valence-corrected chi connectivity index (χ4v) is 4.42. The molecule has 1 aromatic carbocycles. The fraction of sp³-hybridized carbons (Fsp3) is 0.609.